The molecule has 3 aromatic rings. The van der Waals surface area contributed by atoms with Crippen molar-refractivity contribution in [2.75, 3.05) is 0 Å². The summed E-state index contributed by atoms with van der Waals surface area (Å²) in [5, 5.41) is 20.6. The van der Waals surface area contributed by atoms with E-state index in [-0.39, 0.29) is 6.19 Å². The van der Waals surface area contributed by atoms with Gasteiger partial charge in [0.15, 0.2) is 0 Å². The molecule has 0 fully saturated rings. The number of carboxylic acids is 2. The molecule has 4 nitrogen and oxygen atoms in total. The van der Waals surface area contributed by atoms with Crippen LogP contribution in [0, 0.1) is 6.08 Å². The normalized spacial score (nSPS) is 10.1. The second kappa shape index (κ2) is 17.8. The number of aliphatic carboxylic acids is 2. The third-order valence-corrected chi connectivity index (χ3v) is 3.46. The molecule has 1 aliphatic rings. The summed E-state index contributed by atoms with van der Waals surface area (Å²) in [5.41, 5.74) is 0. The number of benzene rings is 2. The van der Waals surface area contributed by atoms with Crippen molar-refractivity contribution < 1.29 is 39.0 Å². The number of hydrogen-bond acceptors (Lipinski definition) is 2. The first-order valence-corrected chi connectivity index (χ1v) is 14.5. The van der Waals surface area contributed by atoms with Crippen LogP contribution in [0.5, 0.6) is 0 Å². The zero-order valence-electron chi connectivity index (χ0n) is 18.4. The first-order valence-electron chi connectivity index (χ1n) is 9.70. The Bertz CT molecular complexity index is 1010. The zero-order valence-corrected chi connectivity index (χ0v) is 21.0. The van der Waals surface area contributed by atoms with Crippen LogP contribution >= 0.6 is 0 Å². The summed E-state index contributed by atoms with van der Waals surface area (Å²) >= 11 is 2.27. The SMILES string of the molecule is C=CC(=O)O.C=CC(=O)O.C[Si](C)=[Ti+2].[C-]1=CC=CC1.c1ccc2c(c1)[cH-]c1ccccc12. The molecule has 0 saturated heterocycles. The molecular formula is C26H28O4SiTi. The molecule has 0 aliphatic heterocycles. The van der Waals surface area contributed by atoms with Gasteiger partial charge >= 0.3 is 50.4 Å². The molecule has 1 aliphatic carbocycles. The largest absolute Gasteiger partial charge is 0.273 e. The Labute approximate surface area is 201 Å². The molecule has 4 rings (SSSR count). The minimum absolute atomic E-state index is 0.120. The first-order chi connectivity index (χ1) is 15.2. The van der Waals surface area contributed by atoms with Crippen molar-refractivity contribution in [3.8, 4) is 0 Å². The minimum Gasteiger partial charge on any atom is -0.273 e. The molecule has 0 atom stereocenters. The van der Waals surface area contributed by atoms with Crippen molar-refractivity contribution >= 4 is 39.7 Å². The van der Waals surface area contributed by atoms with Gasteiger partial charge in [0.2, 0.25) is 0 Å². The van der Waals surface area contributed by atoms with Gasteiger partial charge in [0.1, 0.15) is 0 Å². The number of carboxylic acid groups (broad SMARTS) is 2. The van der Waals surface area contributed by atoms with Crippen LogP contribution in [-0.2, 0) is 28.8 Å². The Hall–Kier alpha value is -2.86. The molecule has 3 aromatic carbocycles. The average molecular weight is 480 g/mol. The number of rotatable bonds is 2. The van der Waals surface area contributed by atoms with Crippen LogP contribution in [0.4, 0.5) is 0 Å². The van der Waals surface area contributed by atoms with Gasteiger partial charge in [-0.2, -0.15) is 6.08 Å². The van der Waals surface area contributed by atoms with Gasteiger partial charge in [-0.25, -0.2) is 21.7 Å². The van der Waals surface area contributed by atoms with Crippen molar-refractivity contribution in [1.82, 2.24) is 0 Å². The minimum atomic E-state index is -0.981. The maximum atomic E-state index is 9.25. The molecule has 0 aromatic heterocycles. The molecule has 0 bridgehead atoms. The fourth-order valence-electron chi connectivity index (χ4n) is 2.24. The van der Waals surface area contributed by atoms with E-state index in [9.17, 15) is 9.59 Å². The van der Waals surface area contributed by atoms with Crippen molar-refractivity contribution in [3.63, 3.8) is 0 Å². The van der Waals surface area contributed by atoms with E-state index in [0.717, 1.165) is 18.6 Å². The van der Waals surface area contributed by atoms with E-state index in [2.05, 4.69) is 112 Å². The maximum Gasteiger partial charge on any atom is -0.0771 e. The average Bonchev–Trinajstić information content (AvgIpc) is 3.46. The zero-order chi connectivity index (χ0) is 24.4. The maximum absolute atomic E-state index is 9.25. The van der Waals surface area contributed by atoms with Crippen molar-refractivity contribution in [2.24, 2.45) is 0 Å². The standard InChI is InChI=1S/C13H9.C5H5.2C3H4O2.C2H6Si.Ti/c1-3-7-12-10(5-1)9-11-6-2-4-8-13(11)12;1-2-4-5-3-1;2*1-2-3(4)5;1-3-2;/h1-9H;1-3H,4H2;2*2H,1H2,(H,4,5);1-2H3;/q2*-1;;;;+2. The van der Waals surface area contributed by atoms with Crippen LogP contribution in [0.15, 0.2) is 98.1 Å². The van der Waals surface area contributed by atoms with Gasteiger partial charge in [-0.15, -0.1) is 46.2 Å². The smallest absolute Gasteiger partial charge is 0.0771 e. The van der Waals surface area contributed by atoms with Crippen LogP contribution in [-0.4, -0.2) is 28.3 Å². The van der Waals surface area contributed by atoms with Crippen LogP contribution in [0.25, 0.3) is 21.5 Å². The second-order valence-corrected chi connectivity index (χ2v) is 13.1. The van der Waals surface area contributed by atoms with E-state index < -0.39 is 11.9 Å². The molecule has 0 radical (unpaired) electrons. The van der Waals surface area contributed by atoms with Crippen LogP contribution in [0.1, 0.15) is 6.42 Å². The summed E-state index contributed by atoms with van der Waals surface area (Å²) in [5.74, 6) is -1.96. The van der Waals surface area contributed by atoms with Gasteiger partial charge in [0.25, 0.3) is 0 Å². The van der Waals surface area contributed by atoms with Gasteiger partial charge in [-0.1, -0.05) is 49.6 Å². The summed E-state index contributed by atoms with van der Waals surface area (Å²) in [6.07, 6.45) is 11.8. The monoisotopic (exact) mass is 480 g/mol. The van der Waals surface area contributed by atoms with E-state index in [0.29, 0.717) is 0 Å². The van der Waals surface area contributed by atoms with Gasteiger partial charge in [-0.3, -0.25) is 6.08 Å². The topological polar surface area (TPSA) is 74.6 Å². The predicted octanol–water partition coefficient (Wildman–Crippen LogP) is 6.32. The van der Waals surface area contributed by atoms with E-state index >= 15 is 0 Å². The van der Waals surface area contributed by atoms with Crippen molar-refractivity contribution in [3.05, 3.63) is 104 Å². The molecular weight excluding hydrogens is 452 g/mol. The third-order valence-electron chi connectivity index (χ3n) is 3.46. The molecule has 0 heterocycles. The van der Waals surface area contributed by atoms with Gasteiger partial charge in [-0.05, 0) is 0 Å². The van der Waals surface area contributed by atoms with E-state index in [1.54, 1.807) is 0 Å². The Morgan fingerprint density at radius 2 is 1.34 bits per heavy atom. The molecule has 2 N–H and O–H groups in total. The van der Waals surface area contributed by atoms with E-state index in [4.69, 9.17) is 10.2 Å². The molecule has 0 saturated carbocycles. The summed E-state index contributed by atoms with van der Waals surface area (Å²) in [6, 6.07) is 19.3. The number of carbonyl (C=O) groups is 2. The fraction of sp³-hybridized carbons (Fsp3) is 0.115. The van der Waals surface area contributed by atoms with Gasteiger partial charge < -0.3 is 10.2 Å². The Morgan fingerprint density at radius 1 is 0.969 bits per heavy atom. The van der Waals surface area contributed by atoms with Gasteiger partial charge in [0.05, 0.1) is 0 Å². The predicted molar refractivity (Wildman–Crippen MR) is 132 cm³/mol. The van der Waals surface area contributed by atoms with Crippen LogP contribution < -0.4 is 0 Å². The molecule has 32 heavy (non-hydrogen) atoms. The molecule has 6 heteroatoms. The fourth-order valence-corrected chi connectivity index (χ4v) is 2.24. The number of allylic oxidation sites excluding steroid dienone is 4. The molecule has 164 valence electrons. The molecule has 0 amide bonds. The second-order valence-electron chi connectivity index (χ2n) is 6.41. The Kier molecular flexibility index (Phi) is 16.2. The van der Waals surface area contributed by atoms with Crippen molar-refractivity contribution in [2.45, 2.75) is 19.5 Å². The van der Waals surface area contributed by atoms with E-state index in [1.807, 2.05) is 12.2 Å². The van der Waals surface area contributed by atoms with Crippen LogP contribution in [0.2, 0.25) is 13.1 Å². The van der Waals surface area contributed by atoms with E-state index in [1.165, 1.54) is 21.5 Å². The Balaban J connectivity index is 0.000000427. The van der Waals surface area contributed by atoms with Crippen molar-refractivity contribution in [1.29, 1.82) is 0 Å². The quantitative estimate of drug-likeness (QED) is 0.256. The number of hydrogen-bond donors (Lipinski definition) is 2. The van der Waals surface area contributed by atoms with Crippen LogP contribution in [0.3, 0.4) is 0 Å². The summed E-state index contributed by atoms with van der Waals surface area (Å²) in [7, 11) is 0. The van der Waals surface area contributed by atoms with Gasteiger partial charge in [0, 0.05) is 12.2 Å². The summed E-state index contributed by atoms with van der Waals surface area (Å²) < 4.78 is 0. The number of fused-ring (bicyclic) bond motifs is 3. The summed E-state index contributed by atoms with van der Waals surface area (Å²) in [6.45, 7) is 10.5. The molecule has 0 unspecified atom stereocenters. The first kappa shape index (κ1) is 29.1. The Morgan fingerprint density at radius 3 is 1.59 bits per heavy atom. The third kappa shape index (κ3) is 14.2. The molecule has 0 spiro atoms. The summed E-state index contributed by atoms with van der Waals surface area (Å²) in [4.78, 5) is 18.5.